The lowest BCUT2D eigenvalue weighted by molar-refractivity contribution is -0.154. The summed E-state index contributed by atoms with van der Waals surface area (Å²) in [5, 5.41) is 0. The van der Waals surface area contributed by atoms with E-state index in [4.69, 9.17) is 4.74 Å². The van der Waals surface area contributed by atoms with Crippen molar-refractivity contribution in [3.8, 4) is 0 Å². The van der Waals surface area contributed by atoms with Gasteiger partial charge in [0.2, 0.25) is 0 Å². The zero-order valence-corrected chi connectivity index (χ0v) is 9.65. The maximum atomic E-state index is 11.5. The molecule has 0 aromatic rings. The highest BCUT2D eigenvalue weighted by molar-refractivity contribution is 5.96. The van der Waals surface area contributed by atoms with Crippen molar-refractivity contribution in [2.24, 2.45) is 23.7 Å². The quantitative estimate of drug-likeness (QED) is 0.522. The summed E-state index contributed by atoms with van der Waals surface area (Å²) >= 11 is 0. The van der Waals surface area contributed by atoms with Crippen LogP contribution in [0, 0.1) is 23.7 Å². The van der Waals surface area contributed by atoms with Crippen molar-refractivity contribution in [2.75, 3.05) is 13.7 Å². The van der Waals surface area contributed by atoms with Gasteiger partial charge in [-0.15, -0.1) is 0 Å². The van der Waals surface area contributed by atoms with E-state index in [1.54, 1.807) is 0 Å². The van der Waals surface area contributed by atoms with Crippen molar-refractivity contribution in [3.63, 3.8) is 0 Å². The van der Waals surface area contributed by atoms with E-state index >= 15 is 0 Å². The largest absolute Gasteiger partial charge is 0.393 e. The molecule has 86 valence electrons. The average molecular weight is 214 g/mol. The summed E-state index contributed by atoms with van der Waals surface area (Å²) < 4.78 is 9.60. The van der Waals surface area contributed by atoms with E-state index in [0.717, 1.165) is 0 Å². The number of ether oxygens (including phenoxy) is 2. The highest BCUT2D eigenvalue weighted by Crippen LogP contribution is 2.34. The number of carbonyl (C=O) groups is 2. The number of esters is 2. The zero-order valence-electron chi connectivity index (χ0n) is 9.65. The predicted octanol–water partition coefficient (Wildman–Crippen LogP) is 1.24. The van der Waals surface area contributed by atoms with Crippen LogP contribution in [0.2, 0.25) is 0 Å². The first-order valence-corrected chi connectivity index (χ1v) is 5.23. The summed E-state index contributed by atoms with van der Waals surface area (Å²) in [6.45, 7) is 6.29. The van der Waals surface area contributed by atoms with Gasteiger partial charge in [0, 0.05) is 7.11 Å². The molecule has 0 saturated carbocycles. The first-order valence-electron chi connectivity index (χ1n) is 5.23. The van der Waals surface area contributed by atoms with Crippen molar-refractivity contribution in [1.82, 2.24) is 0 Å². The second-order valence-corrected chi connectivity index (χ2v) is 4.43. The first-order chi connectivity index (χ1) is 6.99. The fraction of sp³-hybridized carbons (Fsp3) is 0.818. The molecule has 1 fully saturated rings. The van der Waals surface area contributed by atoms with E-state index < -0.39 is 17.9 Å². The van der Waals surface area contributed by atoms with Crippen LogP contribution in [0.15, 0.2) is 0 Å². The Hall–Kier alpha value is -0.900. The number of rotatable bonds is 4. The molecule has 1 aliphatic rings. The molecule has 0 spiro atoms. The topological polar surface area (TPSA) is 52.6 Å². The smallest absolute Gasteiger partial charge is 0.319 e. The van der Waals surface area contributed by atoms with E-state index in [1.165, 1.54) is 7.11 Å². The lowest BCUT2D eigenvalue weighted by atomic mass is 9.79. The highest BCUT2D eigenvalue weighted by atomic mass is 16.6. The minimum Gasteiger partial charge on any atom is -0.393 e. The third-order valence-electron chi connectivity index (χ3n) is 3.17. The Labute approximate surface area is 89.9 Å². The van der Waals surface area contributed by atoms with Crippen molar-refractivity contribution in [2.45, 2.75) is 20.8 Å². The van der Waals surface area contributed by atoms with Gasteiger partial charge in [-0.25, -0.2) is 0 Å². The Bertz CT molecular complexity index is 259. The SMILES string of the molecule is COCC1C(=O)OC(=O)C1C(C)C(C)C. The van der Waals surface area contributed by atoms with Gasteiger partial charge in [-0.05, 0) is 11.8 Å². The lowest BCUT2D eigenvalue weighted by Crippen LogP contribution is -2.30. The van der Waals surface area contributed by atoms with Gasteiger partial charge in [0.15, 0.2) is 0 Å². The molecular weight excluding hydrogens is 196 g/mol. The van der Waals surface area contributed by atoms with Crippen LogP contribution in [0.3, 0.4) is 0 Å². The summed E-state index contributed by atoms with van der Waals surface area (Å²) in [7, 11) is 1.52. The van der Waals surface area contributed by atoms with Gasteiger partial charge in [-0.1, -0.05) is 20.8 Å². The molecule has 4 nitrogen and oxygen atoms in total. The van der Waals surface area contributed by atoms with Crippen molar-refractivity contribution in [1.29, 1.82) is 0 Å². The Morgan fingerprint density at radius 1 is 1.27 bits per heavy atom. The summed E-state index contributed by atoms with van der Waals surface area (Å²) in [6.07, 6.45) is 0. The van der Waals surface area contributed by atoms with Crippen LogP contribution in [0.1, 0.15) is 20.8 Å². The Morgan fingerprint density at radius 2 is 1.87 bits per heavy atom. The standard InChI is InChI=1S/C11H18O4/c1-6(2)7(3)9-8(5-14-4)10(12)15-11(9)13/h6-9H,5H2,1-4H3. The van der Waals surface area contributed by atoms with Crippen LogP contribution in [0.25, 0.3) is 0 Å². The van der Waals surface area contributed by atoms with Crippen LogP contribution in [0.4, 0.5) is 0 Å². The monoisotopic (exact) mass is 214 g/mol. The number of carbonyl (C=O) groups excluding carboxylic acids is 2. The Kier molecular flexibility index (Phi) is 3.85. The number of methoxy groups -OCH3 is 1. The van der Waals surface area contributed by atoms with Crippen LogP contribution in [0.5, 0.6) is 0 Å². The van der Waals surface area contributed by atoms with Crippen molar-refractivity contribution < 1.29 is 19.1 Å². The summed E-state index contributed by atoms with van der Waals surface area (Å²) in [4.78, 5) is 22.9. The summed E-state index contributed by atoms with van der Waals surface area (Å²) in [6, 6.07) is 0. The van der Waals surface area contributed by atoms with E-state index in [-0.39, 0.29) is 18.4 Å². The summed E-state index contributed by atoms with van der Waals surface area (Å²) in [5.41, 5.74) is 0. The summed E-state index contributed by atoms with van der Waals surface area (Å²) in [5.74, 6) is -1.16. The molecule has 3 unspecified atom stereocenters. The fourth-order valence-electron chi connectivity index (χ4n) is 1.90. The molecule has 0 aliphatic carbocycles. The molecule has 15 heavy (non-hydrogen) atoms. The first kappa shape index (κ1) is 12.2. The van der Waals surface area contributed by atoms with Crippen LogP contribution in [-0.4, -0.2) is 25.7 Å². The van der Waals surface area contributed by atoms with Crippen LogP contribution >= 0.6 is 0 Å². The predicted molar refractivity (Wildman–Crippen MR) is 54.0 cm³/mol. The van der Waals surface area contributed by atoms with E-state index in [9.17, 15) is 9.59 Å². The molecule has 0 radical (unpaired) electrons. The Morgan fingerprint density at radius 3 is 2.33 bits per heavy atom. The van der Waals surface area contributed by atoms with Gasteiger partial charge >= 0.3 is 11.9 Å². The zero-order chi connectivity index (χ0) is 11.6. The molecule has 0 amide bonds. The molecule has 0 N–H and O–H groups in total. The molecule has 1 heterocycles. The second-order valence-electron chi connectivity index (χ2n) is 4.43. The molecule has 0 aromatic heterocycles. The van der Waals surface area contributed by atoms with Crippen LogP contribution < -0.4 is 0 Å². The van der Waals surface area contributed by atoms with E-state index in [0.29, 0.717) is 5.92 Å². The van der Waals surface area contributed by atoms with E-state index in [1.807, 2.05) is 20.8 Å². The molecular formula is C11H18O4. The number of hydrogen-bond donors (Lipinski definition) is 0. The second kappa shape index (κ2) is 4.75. The lowest BCUT2D eigenvalue weighted by Gasteiger charge is -2.23. The molecule has 1 rings (SSSR count). The average Bonchev–Trinajstić information content (AvgIpc) is 2.41. The van der Waals surface area contributed by atoms with Gasteiger partial charge in [0.25, 0.3) is 0 Å². The van der Waals surface area contributed by atoms with Gasteiger partial charge < -0.3 is 9.47 Å². The van der Waals surface area contributed by atoms with Crippen molar-refractivity contribution >= 4 is 11.9 Å². The minimum atomic E-state index is -0.445. The minimum absolute atomic E-state index is 0.129. The van der Waals surface area contributed by atoms with Crippen LogP contribution in [-0.2, 0) is 19.1 Å². The third-order valence-corrected chi connectivity index (χ3v) is 3.17. The van der Waals surface area contributed by atoms with Gasteiger partial charge in [-0.2, -0.15) is 0 Å². The maximum absolute atomic E-state index is 11.5. The molecule has 0 aromatic carbocycles. The number of cyclic esters (lactones) is 2. The van der Waals surface area contributed by atoms with Gasteiger partial charge in [0.05, 0.1) is 18.4 Å². The molecule has 1 aliphatic heterocycles. The molecule has 4 heteroatoms. The highest BCUT2D eigenvalue weighted by Gasteiger charge is 2.47. The number of hydrogen-bond acceptors (Lipinski definition) is 4. The van der Waals surface area contributed by atoms with Crippen molar-refractivity contribution in [3.05, 3.63) is 0 Å². The molecule has 1 saturated heterocycles. The normalized spacial score (nSPS) is 28.3. The Balaban J connectivity index is 2.82. The fourth-order valence-corrected chi connectivity index (χ4v) is 1.90. The molecule has 3 atom stereocenters. The van der Waals surface area contributed by atoms with Gasteiger partial charge in [-0.3, -0.25) is 9.59 Å². The molecule has 0 bridgehead atoms. The maximum Gasteiger partial charge on any atom is 0.319 e. The van der Waals surface area contributed by atoms with Gasteiger partial charge in [0.1, 0.15) is 0 Å². The van der Waals surface area contributed by atoms with E-state index in [2.05, 4.69) is 4.74 Å². The third kappa shape index (κ3) is 2.37.